The number of aryl methyl sites for hydroxylation is 1. The van der Waals surface area contributed by atoms with Crippen LogP contribution in [0.2, 0.25) is 0 Å². The molecule has 0 heterocycles. The Labute approximate surface area is 136 Å². The van der Waals surface area contributed by atoms with Crippen molar-refractivity contribution in [2.45, 2.75) is 29.7 Å². The number of sulfonamides is 1. The van der Waals surface area contributed by atoms with Gasteiger partial charge in [0, 0.05) is 4.90 Å². The molecule has 0 amide bonds. The molecule has 2 aromatic rings. The summed E-state index contributed by atoms with van der Waals surface area (Å²) in [4.78, 5) is 1.15. The Balaban J connectivity index is 2.39. The fourth-order valence-corrected chi connectivity index (χ4v) is 4.70. The lowest BCUT2D eigenvalue weighted by atomic mass is 10.2. The van der Waals surface area contributed by atoms with E-state index in [-0.39, 0.29) is 10.9 Å². The van der Waals surface area contributed by atoms with E-state index in [0.717, 1.165) is 10.5 Å². The molecule has 2 rings (SSSR count). The van der Waals surface area contributed by atoms with Gasteiger partial charge in [0.2, 0.25) is 0 Å². The minimum Gasteiger partial charge on any atom is -0.206 e. The van der Waals surface area contributed by atoms with Crippen molar-refractivity contribution < 1.29 is 8.42 Å². The first-order valence-corrected chi connectivity index (χ1v) is 9.13. The van der Waals surface area contributed by atoms with Gasteiger partial charge in [-0.25, -0.2) is 8.42 Å². The molecule has 3 nitrogen and oxygen atoms in total. The standard InChI is InChI=1S/C17H19NO2S2/c1-4-15(3)18(21-16-8-6-5-7-9-16)22(19,20)17-12-10-14(2)11-13-17/h4-13,15H,1H2,2-3H3/t15-/m0/s1. The zero-order valence-electron chi connectivity index (χ0n) is 12.6. The average molecular weight is 333 g/mol. The first kappa shape index (κ1) is 16.8. The van der Waals surface area contributed by atoms with E-state index in [9.17, 15) is 8.42 Å². The van der Waals surface area contributed by atoms with Gasteiger partial charge in [-0.05, 0) is 50.1 Å². The van der Waals surface area contributed by atoms with Crippen LogP contribution in [0, 0.1) is 6.92 Å². The van der Waals surface area contributed by atoms with Crippen molar-refractivity contribution in [3.8, 4) is 0 Å². The Bertz CT molecular complexity index is 725. The summed E-state index contributed by atoms with van der Waals surface area (Å²) in [6.07, 6.45) is 1.63. The lowest BCUT2D eigenvalue weighted by molar-refractivity contribution is 0.522. The molecule has 5 heteroatoms. The maximum atomic E-state index is 12.9. The van der Waals surface area contributed by atoms with Crippen molar-refractivity contribution in [2.24, 2.45) is 0 Å². The second-order valence-electron chi connectivity index (χ2n) is 4.95. The van der Waals surface area contributed by atoms with Crippen LogP contribution in [0.5, 0.6) is 0 Å². The zero-order chi connectivity index (χ0) is 16.2. The Morgan fingerprint density at radius 1 is 1.09 bits per heavy atom. The molecule has 116 valence electrons. The number of hydrogen-bond acceptors (Lipinski definition) is 3. The lowest BCUT2D eigenvalue weighted by Crippen LogP contribution is -2.31. The average Bonchev–Trinajstić information content (AvgIpc) is 2.53. The van der Waals surface area contributed by atoms with E-state index >= 15 is 0 Å². The molecule has 2 aromatic carbocycles. The summed E-state index contributed by atoms with van der Waals surface area (Å²) in [5.74, 6) is 0. The minimum atomic E-state index is -3.60. The minimum absolute atomic E-state index is 0.287. The second-order valence-corrected chi connectivity index (χ2v) is 8.05. The van der Waals surface area contributed by atoms with Gasteiger partial charge < -0.3 is 0 Å². The highest BCUT2D eigenvalue weighted by molar-refractivity contribution is 8.08. The number of nitrogens with zero attached hydrogens (tertiary/aromatic N) is 1. The van der Waals surface area contributed by atoms with Crippen molar-refractivity contribution in [1.29, 1.82) is 0 Å². The third-order valence-corrected chi connectivity index (χ3v) is 6.65. The summed E-state index contributed by atoms with van der Waals surface area (Å²) in [5.41, 5.74) is 1.03. The predicted molar refractivity (Wildman–Crippen MR) is 92.2 cm³/mol. The van der Waals surface area contributed by atoms with Crippen LogP contribution in [0.1, 0.15) is 12.5 Å². The van der Waals surface area contributed by atoms with Gasteiger partial charge in [0.1, 0.15) is 0 Å². The van der Waals surface area contributed by atoms with Crippen molar-refractivity contribution in [3.63, 3.8) is 0 Å². The third kappa shape index (κ3) is 3.80. The Morgan fingerprint density at radius 3 is 2.23 bits per heavy atom. The Hall–Kier alpha value is -1.56. The fourth-order valence-electron chi connectivity index (χ4n) is 1.84. The first-order valence-electron chi connectivity index (χ1n) is 6.92. The smallest absolute Gasteiger partial charge is 0.206 e. The molecule has 22 heavy (non-hydrogen) atoms. The molecular weight excluding hydrogens is 314 g/mol. The van der Waals surface area contributed by atoms with Gasteiger partial charge in [0.15, 0.2) is 0 Å². The van der Waals surface area contributed by atoms with Crippen molar-refractivity contribution >= 4 is 22.0 Å². The van der Waals surface area contributed by atoms with Gasteiger partial charge >= 0.3 is 0 Å². The summed E-state index contributed by atoms with van der Waals surface area (Å²) in [7, 11) is -3.60. The molecule has 0 bridgehead atoms. The first-order chi connectivity index (χ1) is 10.4. The van der Waals surface area contributed by atoms with Crippen LogP contribution in [-0.4, -0.2) is 18.2 Å². The molecule has 0 saturated carbocycles. The van der Waals surface area contributed by atoms with Gasteiger partial charge in [-0.2, -0.15) is 0 Å². The molecule has 0 spiro atoms. The SMILES string of the molecule is C=C[C@H](C)N(Sc1ccccc1)S(=O)(=O)c1ccc(C)cc1. The molecule has 1 atom stereocenters. The maximum Gasteiger partial charge on any atom is 0.253 e. The molecule has 0 saturated heterocycles. The number of rotatable bonds is 6. The van der Waals surface area contributed by atoms with E-state index in [0.29, 0.717) is 0 Å². The molecule has 0 aromatic heterocycles. The van der Waals surface area contributed by atoms with Gasteiger partial charge in [-0.15, -0.1) is 10.3 Å². The Morgan fingerprint density at radius 2 is 1.68 bits per heavy atom. The van der Waals surface area contributed by atoms with Crippen LogP contribution in [0.4, 0.5) is 0 Å². The van der Waals surface area contributed by atoms with E-state index in [2.05, 4.69) is 6.58 Å². The third-order valence-electron chi connectivity index (χ3n) is 3.17. The Kier molecular flexibility index (Phi) is 5.45. The van der Waals surface area contributed by atoms with Gasteiger partial charge in [-0.3, -0.25) is 0 Å². The largest absolute Gasteiger partial charge is 0.253 e. The summed E-state index contributed by atoms with van der Waals surface area (Å²) < 4.78 is 27.2. The zero-order valence-corrected chi connectivity index (χ0v) is 14.3. The van der Waals surface area contributed by atoms with Crippen LogP contribution in [0.3, 0.4) is 0 Å². The highest BCUT2D eigenvalue weighted by atomic mass is 32.3. The van der Waals surface area contributed by atoms with E-state index < -0.39 is 10.0 Å². The van der Waals surface area contributed by atoms with Crippen LogP contribution in [0.25, 0.3) is 0 Å². The lowest BCUT2D eigenvalue weighted by Gasteiger charge is -2.25. The normalized spacial score (nSPS) is 13.0. The van der Waals surface area contributed by atoms with Crippen LogP contribution in [-0.2, 0) is 10.0 Å². The van der Waals surface area contributed by atoms with Crippen LogP contribution in [0.15, 0.2) is 77.0 Å². The maximum absolute atomic E-state index is 12.9. The highest BCUT2D eigenvalue weighted by Gasteiger charge is 2.29. The van der Waals surface area contributed by atoms with Gasteiger partial charge in [0.25, 0.3) is 10.0 Å². The number of hydrogen-bond donors (Lipinski definition) is 0. The molecule has 0 radical (unpaired) electrons. The molecule has 0 aliphatic rings. The summed E-state index contributed by atoms with van der Waals surface area (Å²) in [6, 6.07) is 16.0. The van der Waals surface area contributed by atoms with Crippen molar-refractivity contribution in [3.05, 3.63) is 72.8 Å². The molecule has 0 N–H and O–H groups in total. The fraction of sp³-hybridized carbons (Fsp3) is 0.176. The predicted octanol–water partition coefficient (Wildman–Crippen LogP) is 4.27. The topological polar surface area (TPSA) is 37.4 Å². The van der Waals surface area contributed by atoms with Crippen molar-refractivity contribution in [1.82, 2.24) is 3.71 Å². The van der Waals surface area contributed by atoms with Gasteiger partial charge in [-0.1, -0.05) is 42.0 Å². The molecule has 0 fully saturated rings. The van der Waals surface area contributed by atoms with Gasteiger partial charge in [0.05, 0.1) is 10.9 Å². The summed E-state index contributed by atoms with van der Waals surface area (Å²) >= 11 is 1.20. The summed E-state index contributed by atoms with van der Waals surface area (Å²) in [5, 5.41) is 0. The molecule has 0 aliphatic heterocycles. The van der Waals surface area contributed by atoms with E-state index in [1.807, 2.05) is 44.2 Å². The molecule has 0 aliphatic carbocycles. The quantitative estimate of drug-likeness (QED) is 0.585. The summed E-state index contributed by atoms with van der Waals surface area (Å²) in [6.45, 7) is 7.47. The van der Waals surface area contributed by atoms with E-state index in [1.165, 1.54) is 15.7 Å². The number of benzene rings is 2. The van der Waals surface area contributed by atoms with Crippen LogP contribution >= 0.6 is 11.9 Å². The monoisotopic (exact) mass is 333 g/mol. The molecule has 0 unspecified atom stereocenters. The van der Waals surface area contributed by atoms with E-state index in [1.54, 1.807) is 30.3 Å². The van der Waals surface area contributed by atoms with E-state index in [4.69, 9.17) is 0 Å². The highest BCUT2D eigenvalue weighted by Crippen LogP contribution is 2.31. The van der Waals surface area contributed by atoms with Crippen molar-refractivity contribution in [2.75, 3.05) is 0 Å². The molecular formula is C17H19NO2S2. The van der Waals surface area contributed by atoms with Crippen LogP contribution < -0.4 is 0 Å². The second kappa shape index (κ2) is 7.13.